The van der Waals surface area contributed by atoms with Gasteiger partial charge in [0.15, 0.2) is 0 Å². The molecule has 38 heavy (non-hydrogen) atoms. The van der Waals surface area contributed by atoms with Gasteiger partial charge in [0.25, 0.3) is 0 Å². The van der Waals surface area contributed by atoms with E-state index in [1.165, 1.54) is 0 Å². The summed E-state index contributed by atoms with van der Waals surface area (Å²) in [4.78, 5) is 27.5. The second-order valence-electron chi connectivity index (χ2n) is 9.98. The first-order chi connectivity index (χ1) is 18.2. The van der Waals surface area contributed by atoms with Crippen LogP contribution in [0.5, 0.6) is 5.75 Å². The third-order valence-corrected chi connectivity index (χ3v) is 6.19. The van der Waals surface area contributed by atoms with Crippen LogP contribution < -0.4 is 10.1 Å². The van der Waals surface area contributed by atoms with E-state index < -0.39 is 11.7 Å². The molecule has 3 aromatic rings. The summed E-state index contributed by atoms with van der Waals surface area (Å²) < 4.78 is 18.2. The maximum Gasteiger partial charge on any atom is 0.435 e. The molecule has 1 aliphatic rings. The van der Waals surface area contributed by atoms with Gasteiger partial charge in [0.2, 0.25) is 5.91 Å². The van der Waals surface area contributed by atoms with Crippen LogP contribution in [0.1, 0.15) is 26.3 Å². The van der Waals surface area contributed by atoms with Crippen molar-refractivity contribution in [2.24, 2.45) is 0 Å². The third-order valence-electron chi connectivity index (χ3n) is 5.82. The van der Waals surface area contributed by atoms with E-state index in [0.717, 1.165) is 35.4 Å². The van der Waals surface area contributed by atoms with Crippen LogP contribution in [-0.2, 0) is 20.7 Å². The van der Waals surface area contributed by atoms with Crippen LogP contribution in [0, 0.1) is 0 Å². The van der Waals surface area contributed by atoms with Gasteiger partial charge in [-0.1, -0.05) is 29.8 Å². The zero-order valence-corrected chi connectivity index (χ0v) is 22.7. The van der Waals surface area contributed by atoms with E-state index in [-0.39, 0.29) is 12.3 Å². The van der Waals surface area contributed by atoms with E-state index in [4.69, 9.17) is 25.8 Å². The summed E-state index contributed by atoms with van der Waals surface area (Å²) in [5, 5.41) is 7.65. The summed E-state index contributed by atoms with van der Waals surface area (Å²) in [6, 6.07) is 12.7. The minimum Gasteiger partial charge on any atom is -0.492 e. The Hall–Kier alpha value is -3.40. The molecular formula is C28H33ClN4O5. The maximum atomic E-state index is 12.7. The molecule has 0 spiro atoms. The average molecular weight is 541 g/mol. The zero-order valence-electron chi connectivity index (χ0n) is 21.9. The van der Waals surface area contributed by atoms with Gasteiger partial charge in [0, 0.05) is 53.7 Å². The van der Waals surface area contributed by atoms with Gasteiger partial charge < -0.3 is 19.5 Å². The standard InChI is InChI=1S/C28H33ClN4O5/c1-28(2,3)38-27(35)33-19-21(18-30-33)23-9-8-22(31-26(34)16-20-6-4-5-7-24(20)29)17-25(23)37-15-12-32-10-13-36-14-11-32/h4-9,17-19H,10-16H2,1-3H3,(H,31,34). The molecule has 10 heteroatoms. The number of hydrogen-bond acceptors (Lipinski definition) is 7. The number of halogens is 1. The largest absolute Gasteiger partial charge is 0.492 e. The van der Waals surface area contributed by atoms with E-state index >= 15 is 0 Å². The van der Waals surface area contributed by atoms with Crippen LogP contribution in [0.15, 0.2) is 54.9 Å². The highest BCUT2D eigenvalue weighted by molar-refractivity contribution is 6.31. The summed E-state index contributed by atoms with van der Waals surface area (Å²) >= 11 is 6.21. The lowest BCUT2D eigenvalue weighted by molar-refractivity contribution is -0.115. The summed E-state index contributed by atoms with van der Waals surface area (Å²) in [5.74, 6) is 0.375. The summed E-state index contributed by atoms with van der Waals surface area (Å²) in [5.41, 5.74) is 2.13. The van der Waals surface area contributed by atoms with E-state index in [0.29, 0.717) is 41.8 Å². The molecule has 1 saturated heterocycles. The Labute approximate surface area is 227 Å². The first-order valence-electron chi connectivity index (χ1n) is 12.6. The second kappa shape index (κ2) is 12.4. The normalized spacial score (nSPS) is 14.2. The molecule has 0 unspecified atom stereocenters. The number of nitrogens with zero attached hydrogens (tertiary/aromatic N) is 3. The van der Waals surface area contributed by atoms with Crippen LogP contribution in [0.2, 0.25) is 5.02 Å². The molecule has 4 rings (SSSR count). The summed E-state index contributed by atoms with van der Waals surface area (Å²) in [6.45, 7) is 9.73. The van der Waals surface area contributed by atoms with E-state index in [9.17, 15) is 9.59 Å². The monoisotopic (exact) mass is 540 g/mol. The van der Waals surface area contributed by atoms with Crippen molar-refractivity contribution in [1.82, 2.24) is 14.7 Å². The molecule has 0 atom stereocenters. The topological polar surface area (TPSA) is 94.9 Å². The fourth-order valence-corrected chi connectivity index (χ4v) is 4.16. The van der Waals surface area contributed by atoms with Crippen molar-refractivity contribution in [1.29, 1.82) is 0 Å². The molecule has 0 radical (unpaired) electrons. The molecule has 1 aliphatic heterocycles. The number of ether oxygens (including phenoxy) is 3. The summed E-state index contributed by atoms with van der Waals surface area (Å²) in [7, 11) is 0. The molecule has 2 aromatic carbocycles. The molecule has 202 valence electrons. The fraction of sp³-hybridized carbons (Fsp3) is 0.393. The van der Waals surface area contributed by atoms with E-state index in [1.807, 2.05) is 24.3 Å². The van der Waals surface area contributed by atoms with Crippen molar-refractivity contribution >= 4 is 29.3 Å². The van der Waals surface area contributed by atoms with E-state index in [1.54, 1.807) is 51.4 Å². The van der Waals surface area contributed by atoms with Gasteiger partial charge in [-0.25, -0.2) is 4.79 Å². The Morgan fingerprint density at radius 1 is 1.13 bits per heavy atom. The van der Waals surface area contributed by atoms with E-state index in [2.05, 4.69) is 15.3 Å². The maximum absolute atomic E-state index is 12.7. The molecular weight excluding hydrogens is 508 g/mol. The lowest BCUT2D eigenvalue weighted by Crippen LogP contribution is -2.38. The SMILES string of the molecule is CC(C)(C)OC(=O)n1cc(-c2ccc(NC(=O)Cc3ccccc3Cl)cc2OCCN2CCOCC2)cn1. The van der Waals surface area contributed by atoms with Gasteiger partial charge in [-0.15, -0.1) is 0 Å². The third kappa shape index (κ3) is 7.80. The molecule has 1 fully saturated rings. The first kappa shape index (κ1) is 27.6. The van der Waals surface area contributed by atoms with Gasteiger partial charge >= 0.3 is 6.09 Å². The van der Waals surface area contributed by atoms with Crippen molar-refractivity contribution < 1.29 is 23.8 Å². The highest BCUT2D eigenvalue weighted by Crippen LogP contribution is 2.33. The van der Waals surface area contributed by atoms with Crippen molar-refractivity contribution in [3.63, 3.8) is 0 Å². The van der Waals surface area contributed by atoms with Gasteiger partial charge in [-0.3, -0.25) is 9.69 Å². The Morgan fingerprint density at radius 3 is 2.63 bits per heavy atom. The molecule has 0 saturated carbocycles. The Balaban J connectivity index is 1.52. The second-order valence-corrected chi connectivity index (χ2v) is 10.4. The fourth-order valence-electron chi connectivity index (χ4n) is 3.96. The molecule has 1 aromatic heterocycles. The number of aromatic nitrogens is 2. The summed E-state index contributed by atoms with van der Waals surface area (Å²) in [6.07, 6.45) is 2.77. The zero-order chi connectivity index (χ0) is 27.1. The Morgan fingerprint density at radius 2 is 1.89 bits per heavy atom. The van der Waals surface area contributed by atoms with Gasteiger partial charge in [-0.2, -0.15) is 9.78 Å². The van der Waals surface area contributed by atoms with Gasteiger partial charge in [0.05, 0.1) is 25.8 Å². The Bertz CT molecular complexity index is 1260. The first-order valence-corrected chi connectivity index (χ1v) is 12.9. The molecule has 9 nitrogen and oxygen atoms in total. The number of nitrogens with one attached hydrogen (secondary N) is 1. The number of benzene rings is 2. The van der Waals surface area contributed by atoms with Crippen LogP contribution in [0.3, 0.4) is 0 Å². The molecule has 2 heterocycles. The number of hydrogen-bond donors (Lipinski definition) is 1. The van der Waals surface area contributed by atoms with Crippen LogP contribution in [-0.4, -0.2) is 71.7 Å². The lowest BCUT2D eigenvalue weighted by atomic mass is 10.1. The van der Waals surface area contributed by atoms with Gasteiger partial charge in [-0.05, 0) is 44.5 Å². The molecule has 0 aliphatic carbocycles. The Kier molecular flexibility index (Phi) is 9.04. The van der Waals surface area contributed by atoms with Crippen molar-refractivity contribution in [2.45, 2.75) is 32.8 Å². The van der Waals surface area contributed by atoms with Crippen LogP contribution in [0.4, 0.5) is 10.5 Å². The highest BCUT2D eigenvalue weighted by Gasteiger charge is 2.20. The average Bonchev–Trinajstić information content (AvgIpc) is 3.36. The van der Waals surface area contributed by atoms with Crippen molar-refractivity contribution in [2.75, 3.05) is 44.8 Å². The quantitative estimate of drug-likeness (QED) is 0.435. The predicted octanol–water partition coefficient (Wildman–Crippen LogP) is 4.88. The molecule has 0 bridgehead atoms. The van der Waals surface area contributed by atoms with Crippen LogP contribution >= 0.6 is 11.6 Å². The van der Waals surface area contributed by atoms with Gasteiger partial charge in [0.1, 0.15) is 18.0 Å². The number of rotatable bonds is 8. The number of amides is 1. The number of carbonyl (C=O) groups excluding carboxylic acids is 2. The predicted molar refractivity (Wildman–Crippen MR) is 146 cm³/mol. The minimum absolute atomic E-state index is 0.150. The number of carbonyl (C=O) groups is 2. The number of morpholine rings is 1. The highest BCUT2D eigenvalue weighted by atomic mass is 35.5. The molecule has 1 amide bonds. The number of anilines is 1. The van der Waals surface area contributed by atoms with Crippen molar-refractivity contribution in [3.05, 3.63) is 65.4 Å². The smallest absolute Gasteiger partial charge is 0.435 e. The minimum atomic E-state index is -0.638. The van der Waals surface area contributed by atoms with Crippen LogP contribution in [0.25, 0.3) is 11.1 Å². The lowest BCUT2D eigenvalue weighted by Gasteiger charge is -2.26. The molecule has 1 N–H and O–H groups in total. The van der Waals surface area contributed by atoms with Crippen molar-refractivity contribution in [3.8, 4) is 16.9 Å².